The van der Waals surface area contributed by atoms with E-state index in [1.807, 2.05) is 0 Å². The van der Waals surface area contributed by atoms with Crippen LogP contribution in [0, 0.1) is 17.8 Å². The fraction of sp³-hybridized carbons (Fsp3) is 1.00. The van der Waals surface area contributed by atoms with Crippen LogP contribution in [0.1, 0.15) is 60.3 Å². The van der Waals surface area contributed by atoms with E-state index < -0.39 is 0 Å². The van der Waals surface area contributed by atoms with E-state index in [0.29, 0.717) is 6.04 Å². The van der Waals surface area contributed by atoms with Crippen molar-refractivity contribution in [2.24, 2.45) is 17.8 Å². The van der Waals surface area contributed by atoms with Gasteiger partial charge in [-0.15, -0.1) is 0 Å². The predicted octanol–water partition coefficient (Wildman–Crippen LogP) is 3.77. The van der Waals surface area contributed by atoms with Gasteiger partial charge >= 0.3 is 0 Å². The molecule has 0 aromatic carbocycles. The molecule has 4 unspecified atom stereocenters. The minimum absolute atomic E-state index is 0.222. The Morgan fingerprint density at radius 2 is 1.79 bits per heavy atom. The largest absolute Gasteiger partial charge is 0.312 e. The number of nitrogens with zero attached hydrogens (tertiary/aromatic N) is 1. The topological polar surface area (TPSA) is 15.3 Å². The smallest absolute Gasteiger partial charge is 0.0302 e. The lowest BCUT2D eigenvalue weighted by molar-refractivity contribution is 0.0663. The van der Waals surface area contributed by atoms with Gasteiger partial charge in [-0.25, -0.2) is 0 Å². The van der Waals surface area contributed by atoms with Gasteiger partial charge in [-0.05, 0) is 71.5 Å². The molecule has 0 aliphatic heterocycles. The first-order chi connectivity index (χ1) is 8.80. The van der Waals surface area contributed by atoms with E-state index in [1.165, 1.54) is 25.7 Å². The van der Waals surface area contributed by atoms with Gasteiger partial charge in [0.1, 0.15) is 0 Å². The second-order valence-electron chi connectivity index (χ2n) is 7.51. The van der Waals surface area contributed by atoms with Crippen LogP contribution in [0.3, 0.4) is 0 Å². The summed E-state index contributed by atoms with van der Waals surface area (Å²) >= 11 is 0. The average Bonchev–Trinajstić information content (AvgIpc) is 2.33. The Bertz CT molecular complexity index is 260. The maximum absolute atomic E-state index is 3.85. The summed E-state index contributed by atoms with van der Waals surface area (Å²) < 4.78 is 0. The van der Waals surface area contributed by atoms with Crippen LogP contribution in [-0.2, 0) is 0 Å². The molecule has 1 rings (SSSR count). The molecule has 1 aliphatic rings. The molecule has 0 spiro atoms. The first kappa shape index (κ1) is 17.0. The summed E-state index contributed by atoms with van der Waals surface area (Å²) in [7, 11) is 4.44. The molecule has 0 bridgehead atoms. The summed E-state index contributed by atoms with van der Waals surface area (Å²) in [6.45, 7) is 13.1. The van der Waals surface area contributed by atoms with E-state index in [2.05, 4.69) is 58.9 Å². The van der Waals surface area contributed by atoms with Gasteiger partial charge in [0.25, 0.3) is 0 Å². The Balaban J connectivity index is 2.79. The normalized spacial score (nSPS) is 30.6. The fourth-order valence-electron chi connectivity index (χ4n) is 3.46. The van der Waals surface area contributed by atoms with Crippen molar-refractivity contribution in [1.82, 2.24) is 10.2 Å². The third-order valence-electron chi connectivity index (χ3n) is 5.64. The minimum Gasteiger partial charge on any atom is -0.312 e. The maximum Gasteiger partial charge on any atom is 0.0302 e. The molecule has 0 aromatic heterocycles. The molecule has 0 aromatic rings. The number of likely N-dealkylation sites (N-methyl/N-ethyl adjacent to an activating group) is 1. The lowest BCUT2D eigenvalue weighted by Gasteiger charge is -2.47. The van der Waals surface area contributed by atoms with Crippen LogP contribution in [0.2, 0.25) is 0 Å². The number of nitrogens with one attached hydrogen (secondary N) is 1. The predicted molar refractivity (Wildman–Crippen MR) is 85.5 cm³/mol. The molecular formula is C17H36N2. The average molecular weight is 268 g/mol. The molecule has 1 aliphatic carbocycles. The zero-order valence-electron chi connectivity index (χ0n) is 14.3. The number of hydrogen-bond donors (Lipinski definition) is 1. The molecule has 1 fully saturated rings. The van der Waals surface area contributed by atoms with Crippen LogP contribution in [0.25, 0.3) is 0 Å². The minimum atomic E-state index is 0.222. The van der Waals surface area contributed by atoms with Gasteiger partial charge < -0.3 is 10.2 Å². The van der Waals surface area contributed by atoms with Crippen molar-refractivity contribution in [2.75, 3.05) is 20.6 Å². The van der Waals surface area contributed by atoms with E-state index >= 15 is 0 Å². The van der Waals surface area contributed by atoms with Crippen molar-refractivity contribution >= 4 is 0 Å². The number of hydrogen-bond acceptors (Lipinski definition) is 2. The molecular weight excluding hydrogens is 232 g/mol. The second kappa shape index (κ2) is 7.08. The van der Waals surface area contributed by atoms with E-state index in [9.17, 15) is 0 Å². The SMILES string of the molecule is CCCNC(C1CCC(C)C(C)C1)C(C)(C)N(C)C. The summed E-state index contributed by atoms with van der Waals surface area (Å²) in [5.41, 5.74) is 0.222. The van der Waals surface area contributed by atoms with Crippen LogP contribution < -0.4 is 5.32 Å². The van der Waals surface area contributed by atoms with Crippen LogP contribution in [0.4, 0.5) is 0 Å². The van der Waals surface area contributed by atoms with E-state index in [0.717, 1.165) is 24.3 Å². The third-order valence-corrected chi connectivity index (χ3v) is 5.64. The van der Waals surface area contributed by atoms with Gasteiger partial charge in [-0.2, -0.15) is 0 Å². The van der Waals surface area contributed by atoms with Gasteiger partial charge in [0, 0.05) is 11.6 Å². The van der Waals surface area contributed by atoms with Crippen molar-refractivity contribution in [2.45, 2.75) is 71.9 Å². The standard InChI is InChI=1S/C17H36N2/c1-8-11-18-16(17(4,5)19(6)7)15-10-9-13(2)14(3)12-15/h13-16,18H,8-12H2,1-7H3. The summed E-state index contributed by atoms with van der Waals surface area (Å²) in [5, 5.41) is 3.85. The lowest BCUT2D eigenvalue weighted by Crippen LogP contribution is -2.59. The molecule has 4 atom stereocenters. The highest BCUT2D eigenvalue weighted by molar-refractivity contribution is 4.97. The molecule has 0 heterocycles. The molecule has 2 nitrogen and oxygen atoms in total. The first-order valence-corrected chi connectivity index (χ1v) is 8.21. The molecule has 1 saturated carbocycles. The Kier molecular flexibility index (Phi) is 6.32. The molecule has 0 saturated heterocycles. The van der Waals surface area contributed by atoms with Crippen LogP contribution in [-0.4, -0.2) is 37.1 Å². The van der Waals surface area contributed by atoms with Gasteiger partial charge in [-0.1, -0.05) is 27.2 Å². The molecule has 0 radical (unpaired) electrons. The van der Waals surface area contributed by atoms with Crippen molar-refractivity contribution < 1.29 is 0 Å². The summed E-state index contributed by atoms with van der Waals surface area (Å²) in [5.74, 6) is 2.61. The molecule has 19 heavy (non-hydrogen) atoms. The highest BCUT2D eigenvalue weighted by Gasteiger charge is 2.39. The molecule has 2 heteroatoms. The van der Waals surface area contributed by atoms with Crippen molar-refractivity contribution in [3.63, 3.8) is 0 Å². The van der Waals surface area contributed by atoms with E-state index in [1.54, 1.807) is 0 Å². The molecule has 114 valence electrons. The van der Waals surface area contributed by atoms with E-state index in [4.69, 9.17) is 0 Å². The highest BCUT2D eigenvalue weighted by Crippen LogP contribution is 2.38. The fourth-order valence-corrected chi connectivity index (χ4v) is 3.46. The Morgan fingerprint density at radius 1 is 1.16 bits per heavy atom. The maximum atomic E-state index is 3.85. The van der Waals surface area contributed by atoms with Crippen molar-refractivity contribution in [1.29, 1.82) is 0 Å². The van der Waals surface area contributed by atoms with Crippen molar-refractivity contribution in [3.05, 3.63) is 0 Å². The van der Waals surface area contributed by atoms with Crippen molar-refractivity contribution in [3.8, 4) is 0 Å². The summed E-state index contributed by atoms with van der Waals surface area (Å²) in [6.07, 6.45) is 5.41. The van der Waals surface area contributed by atoms with Gasteiger partial charge in [0.05, 0.1) is 0 Å². The number of rotatable bonds is 6. The Labute approximate surface area is 121 Å². The lowest BCUT2D eigenvalue weighted by atomic mass is 9.69. The quantitative estimate of drug-likeness (QED) is 0.789. The Morgan fingerprint density at radius 3 is 2.26 bits per heavy atom. The van der Waals surface area contributed by atoms with Crippen LogP contribution >= 0.6 is 0 Å². The summed E-state index contributed by atoms with van der Waals surface area (Å²) in [6, 6.07) is 0.609. The Hall–Kier alpha value is -0.0800. The van der Waals surface area contributed by atoms with Gasteiger partial charge in [0.15, 0.2) is 0 Å². The zero-order chi connectivity index (χ0) is 14.6. The van der Waals surface area contributed by atoms with Crippen LogP contribution in [0.15, 0.2) is 0 Å². The monoisotopic (exact) mass is 268 g/mol. The first-order valence-electron chi connectivity index (χ1n) is 8.21. The van der Waals surface area contributed by atoms with E-state index in [-0.39, 0.29) is 5.54 Å². The molecule has 0 amide bonds. The summed E-state index contributed by atoms with van der Waals surface area (Å²) in [4.78, 5) is 2.39. The van der Waals surface area contributed by atoms with Gasteiger partial charge in [-0.3, -0.25) is 0 Å². The van der Waals surface area contributed by atoms with Crippen LogP contribution in [0.5, 0.6) is 0 Å². The molecule has 1 N–H and O–H groups in total. The van der Waals surface area contributed by atoms with Gasteiger partial charge in [0.2, 0.25) is 0 Å². The highest BCUT2D eigenvalue weighted by atomic mass is 15.2. The second-order valence-corrected chi connectivity index (χ2v) is 7.51. The third kappa shape index (κ3) is 4.19. The zero-order valence-corrected chi connectivity index (χ0v) is 14.3.